The van der Waals surface area contributed by atoms with E-state index in [1.165, 1.54) is 7.11 Å². The lowest BCUT2D eigenvalue weighted by molar-refractivity contribution is -0.142. The maximum atomic E-state index is 12.5. The number of nitrogens with one attached hydrogen (secondary N) is 5. The number of nitrogens with zero attached hydrogens (tertiary/aromatic N) is 7. The summed E-state index contributed by atoms with van der Waals surface area (Å²) in [5.41, 5.74) is 6.05. The molecular formula is C49H58Cl2N12O6. The number of carbonyl (C=O) groups excluding carboxylic acids is 3. The highest BCUT2D eigenvalue weighted by Crippen LogP contribution is 2.34. The van der Waals surface area contributed by atoms with Crippen LogP contribution in [0.4, 0.5) is 32.3 Å². The third kappa shape index (κ3) is 15.2. The summed E-state index contributed by atoms with van der Waals surface area (Å²) in [6.45, 7) is 10.5. The van der Waals surface area contributed by atoms with Crippen LogP contribution in [0.15, 0.2) is 109 Å². The van der Waals surface area contributed by atoms with E-state index in [9.17, 15) is 14.4 Å². The minimum atomic E-state index is -0.363. The van der Waals surface area contributed by atoms with Crippen LogP contribution in [0.3, 0.4) is 0 Å². The molecule has 0 aliphatic carbocycles. The summed E-state index contributed by atoms with van der Waals surface area (Å²) in [5.74, 6) is 1.25. The van der Waals surface area contributed by atoms with Gasteiger partial charge in [-0.1, -0.05) is 23.2 Å². The van der Waals surface area contributed by atoms with Gasteiger partial charge in [-0.05, 0) is 97.1 Å². The number of ether oxygens (including phenoxy) is 3. The Bertz CT molecular complexity index is 2610. The predicted molar refractivity (Wildman–Crippen MR) is 271 cm³/mol. The summed E-state index contributed by atoms with van der Waals surface area (Å²) in [6.07, 6.45) is 3.47. The highest BCUT2D eigenvalue weighted by atomic mass is 35.5. The lowest BCUT2D eigenvalue weighted by atomic mass is 10.1. The predicted octanol–water partition coefficient (Wildman–Crippen LogP) is 7.22. The molecule has 8 rings (SSSR count). The van der Waals surface area contributed by atoms with E-state index in [0.29, 0.717) is 58.3 Å². The SMILES string of the molecule is COC(=O)CN1CCN(CCOc2ccc(NC(=O)Nc3ccc(Cl)cc3)cc2-c2ccnn2C)CC1.Cn1nccc1-c1cc(NC(=O)Nc2ccc(Cl)cc2)ccc1OCCN1CCNCC1. The summed E-state index contributed by atoms with van der Waals surface area (Å²) in [4.78, 5) is 43.3. The molecule has 364 valence electrons. The van der Waals surface area contributed by atoms with Crippen LogP contribution in [0, 0.1) is 0 Å². The molecule has 4 aromatic carbocycles. The average molecular weight is 982 g/mol. The van der Waals surface area contributed by atoms with Crippen molar-refractivity contribution >= 4 is 64.0 Å². The number of aromatic nitrogens is 4. The molecule has 0 saturated carbocycles. The van der Waals surface area contributed by atoms with E-state index in [1.807, 2.05) is 62.6 Å². The van der Waals surface area contributed by atoms with Crippen molar-refractivity contribution in [1.82, 2.24) is 39.6 Å². The molecule has 18 nitrogen and oxygen atoms in total. The van der Waals surface area contributed by atoms with Crippen molar-refractivity contribution in [3.8, 4) is 34.0 Å². The fourth-order valence-electron chi connectivity index (χ4n) is 7.72. The van der Waals surface area contributed by atoms with Gasteiger partial charge in [0, 0.05) is 136 Å². The minimum absolute atomic E-state index is 0.208. The Hall–Kier alpha value is -6.67. The Morgan fingerprint density at radius 2 is 0.971 bits per heavy atom. The van der Waals surface area contributed by atoms with Gasteiger partial charge in [-0.2, -0.15) is 10.2 Å². The summed E-state index contributed by atoms with van der Waals surface area (Å²) in [5, 5.41) is 24.5. The first-order chi connectivity index (χ1) is 33.5. The molecular weight excluding hydrogens is 924 g/mol. The van der Waals surface area contributed by atoms with Gasteiger partial charge in [0.05, 0.1) is 25.0 Å². The number of esters is 1. The van der Waals surface area contributed by atoms with Gasteiger partial charge < -0.3 is 40.8 Å². The maximum absolute atomic E-state index is 12.5. The van der Waals surface area contributed by atoms with Crippen molar-refractivity contribution in [3.63, 3.8) is 0 Å². The van der Waals surface area contributed by atoms with Crippen molar-refractivity contribution in [3.05, 3.63) is 120 Å². The number of urea groups is 2. The molecule has 69 heavy (non-hydrogen) atoms. The fraction of sp³-hybridized carbons (Fsp3) is 0.327. The number of aryl methyl sites for hydroxylation is 2. The van der Waals surface area contributed by atoms with E-state index in [4.69, 9.17) is 37.4 Å². The molecule has 20 heteroatoms. The number of anilines is 4. The number of amides is 4. The van der Waals surface area contributed by atoms with Gasteiger partial charge in [-0.15, -0.1) is 0 Å². The lowest BCUT2D eigenvalue weighted by Crippen LogP contribution is -2.48. The highest BCUT2D eigenvalue weighted by molar-refractivity contribution is 6.31. The highest BCUT2D eigenvalue weighted by Gasteiger charge is 2.20. The Morgan fingerprint density at radius 3 is 1.39 bits per heavy atom. The Morgan fingerprint density at radius 1 is 0.565 bits per heavy atom. The number of carbonyl (C=O) groups is 3. The molecule has 0 bridgehead atoms. The van der Waals surface area contributed by atoms with Crippen LogP contribution in [0.2, 0.25) is 10.0 Å². The lowest BCUT2D eigenvalue weighted by Gasteiger charge is -2.33. The van der Waals surface area contributed by atoms with Gasteiger partial charge >= 0.3 is 18.0 Å². The Labute approximate surface area is 411 Å². The first kappa shape index (κ1) is 50.2. The molecule has 2 fully saturated rings. The molecule has 2 saturated heterocycles. The van der Waals surface area contributed by atoms with Crippen LogP contribution in [0.1, 0.15) is 0 Å². The second-order valence-electron chi connectivity index (χ2n) is 16.3. The molecule has 2 aliphatic heterocycles. The van der Waals surface area contributed by atoms with Crippen LogP contribution in [-0.4, -0.2) is 145 Å². The summed E-state index contributed by atoms with van der Waals surface area (Å²) in [7, 11) is 5.15. The quantitative estimate of drug-likeness (QED) is 0.0615. The zero-order valence-corrected chi connectivity index (χ0v) is 40.4. The van der Waals surface area contributed by atoms with Gasteiger partial charge in [0.25, 0.3) is 0 Å². The van der Waals surface area contributed by atoms with Gasteiger partial charge in [-0.25, -0.2) is 9.59 Å². The summed E-state index contributed by atoms with van der Waals surface area (Å²) >= 11 is 11.8. The normalized spacial score (nSPS) is 14.2. The molecule has 6 aromatic rings. The van der Waals surface area contributed by atoms with Crippen LogP contribution in [-0.2, 0) is 23.6 Å². The van der Waals surface area contributed by atoms with Crippen molar-refractivity contribution in [1.29, 1.82) is 0 Å². The van der Waals surface area contributed by atoms with Crippen molar-refractivity contribution in [2.45, 2.75) is 0 Å². The number of rotatable bonds is 16. The molecule has 0 spiro atoms. The molecule has 0 atom stereocenters. The minimum Gasteiger partial charge on any atom is -0.492 e. The number of hydrogen-bond acceptors (Lipinski definition) is 12. The molecule has 5 N–H and O–H groups in total. The number of benzene rings is 4. The summed E-state index contributed by atoms with van der Waals surface area (Å²) in [6, 6.07) is 28.1. The molecule has 2 aromatic heterocycles. The van der Waals surface area contributed by atoms with E-state index in [-0.39, 0.29) is 18.0 Å². The second kappa shape index (κ2) is 25.1. The second-order valence-corrected chi connectivity index (χ2v) is 17.1. The molecule has 0 unspecified atom stereocenters. The third-order valence-electron chi connectivity index (χ3n) is 11.5. The number of methoxy groups -OCH3 is 1. The van der Waals surface area contributed by atoms with Gasteiger partial charge in [0.1, 0.15) is 24.7 Å². The van der Waals surface area contributed by atoms with Gasteiger partial charge in [0.2, 0.25) is 0 Å². The van der Waals surface area contributed by atoms with Gasteiger partial charge in [0.15, 0.2) is 0 Å². The van der Waals surface area contributed by atoms with Crippen LogP contribution in [0.5, 0.6) is 11.5 Å². The first-order valence-electron chi connectivity index (χ1n) is 22.6. The Balaban J connectivity index is 0.000000206. The smallest absolute Gasteiger partial charge is 0.323 e. The van der Waals surface area contributed by atoms with Crippen molar-refractivity contribution in [2.75, 3.05) is 114 Å². The van der Waals surface area contributed by atoms with Crippen molar-refractivity contribution < 1.29 is 28.6 Å². The molecule has 2 aliphatic rings. The van der Waals surface area contributed by atoms with Crippen molar-refractivity contribution in [2.24, 2.45) is 14.1 Å². The van der Waals surface area contributed by atoms with E-state index < -0.39 is 0 Å². The van der Waals surface area contributed by atoms with Crippen LogP contribution in [0.25, 0.3) is 22.5 Å². The number of piperazine rings is 2. The zero-order valence-electron chi connectivity index (χ0n) is 38.9. The maximum Gasteiger partial charge on any atom is 0.323 e. The molecule has 0 radical (unpaired) electrons. The molecule has 4 amide bonds. The van der Waals surface area contributed by atoms with E-state index in [1.54, 1.807) is 70.3 Å². The fourth-order valence-corrected chi connectivity index (χ4v) is 7.97. The van der Waals surface area contributed by atoms with E-state index in [0.717, 1.165) is 93.7 Å². The van der Waals surface area contributed by atoms with Crippen LogP contribution < -0.4 is 36.1 Å². The molecule has 4 heterocycles. The number of hydrogen-bond donors (Lipinski definition) is 5. The topological polar surface area (TPSA) is 184 Å². The number of halogens is 2. The average Bonchev–Trinajstić information content (AvgIpc) is 3.99. The van der Waals surface area contributed by atoms with Gasteiger partial charge in [-0.3, -0.25) is 28.9 Å². The standard InChI is InChI=1S/C26H31ClN6O4.C23H27ClN6O2/c1-31-23(9-10-28-31)22-17-21(30-26(35)29-20-5-3-19(27)4-6-20)7-8-24(22)37-16-15-32-11-13-33(14-12-32)18-25(34)36-2;1-29-21(8-9-26-29)20-16-19(28-23(31)27-18-4-2-17(24)3-5-18)6-7-22(20)32-15-14-30-12-10-25-11-13-30/h3-10,17H,11-16,18H2,1-2H3,(H2,29,30,35);2-9,16,25H,10-15H2,1H3,(H2,27,28,31). The van der Waals surface area contributed by atoms with Crippen LogP contribution >= 0.6 is 23.2 Å². The van der Waals surface area contributed by atoms with E-state index in [2.05, 4.69) is 51.5 Å². The van der Waals surface area contributed by atoms with E-state index >= 15 is 0 Å². The largest absolute Gasteiger partial charge is 0.492 e. The third-order valence-corrected chi connectivity index (χ3v) is 12.0. The summed E-state index contributed by atoms with van der Waals surface area (Å²) < 4.78 is 20.6. The zero-order chi connectivity index (χ0) is 48.5. The Kier molecular flexibility index (Phi) is 18.3. The monoisotopic (exact) mass is 980 g/mol. The first-order valence-corrected chi connectivity index (χ1v) is 23.4.